The third-order valence-corrected chi connectivity index (χ3v) is 1.62. The number of allylic oxidation sites excluding steroid dienone is 1. The fourth-order valence-electron chi connectivity index (χ4n) is 0.862. The highest BCUT2D eigenvalue weighted by Gasteiger charge is 2.18. The molecule has 0 aromatic carbocycles. The number of nitrogens with one attached hydrogen (secondary N) is 1. The van der Waals surface area contributed by atoms with Gasteiger partial charge >= 0.3 is 0 Å². The normalized spacial score (nSPS) is 19.1. The Hall–Kier alpha value is -0.300. The lowest BCUT2D eigenvalue weighted by Crippen LogP contribution is -2.15. The first-order valence-electron chi connectivity index (χ1n) is 4.19. The molecule has 1 rings (SSSR count). The Morgan fingerprint density at radius 3 is 2.70 bits per heavy atom. The Labute approximate surface area is 63.5 Å². The van der Waals surface area contributed by atoms with Gasteiger partial charge in [-0.1, -0.05) is 26.0 Å². The molecule has 1 aliphatic carbocycles. The third kappa shape index (κ3) is 3.67. The molecule has 0 unspecified atom stereocenters. The van der Waals surface area contributed by atoms with Gasteiger partial charge in [-0.25, -0.2) is 0 Å². The van der Waals surface area contributed by atoms with Crippen molar-refractivity contribution in [3.63, 3.8) is 0 Å². The van der Waals surface area contributed by atoms with Crippen LogP contribution in [-0.4, -0.2) is 12.6 Å². The smallest absolute Gasteiger partial charge is 0.0137 e. The molecule has 1 heteroatoms. The van der Waals surface area contributed by atoms with Gasteiger partial charge in [0.2, 0.25) is 0 Å². The lowest BCUT2D eigenvalue weighted by Gasteiger charge is -1.96. The average Bonchev–Trinajstić information content (AvgIpc) is 2.62. The van der Waals surface area contributed by atoms with E-state index in [0.717, 1.165) is 12.6 Å². The molecule has 0 saturated heterocycles. The SMILES string of the molecule is CC(C)/C=C/CNC1CC1. The van der Waals surface area contributed by atoms with Gasteiger partial charge in [0.05, 0.1) is 0 Å². The van der Waals surface area contributed by atoms with Crippen molar-refractivity contribution in [2.45, 2.75) is 32.7 Å². The molecule has 0 spiro atoms. The summed E-state index contributed by atoms with van der Waals surface area (Å²) < 4.78 is 0. The molecule has 0 heterocycles. The van der Waals surface area contributed by atoms with Crippen LogP contribution in [0.5, 0.6) is 0 Å². The summed E-state index contributed by atoms with van der Waals surface area (Å²) in [6, 6.07) is 0.844. The number of hydrogen-bond acceptors (Lipinski definition) is 1. The zero-order chi connectivity index (χ0) is 7.40. The highest BCUT2D eigenvalue weighted by atomic mass is 14.9. The molecule has 58 valence electrons. The van der Waals surface area contributed by atoms with Crippen LogP contribution >= 0.6 is 0 Å². The van der Waals surface area contributed by atoms with E-state index in [0.29, 0.717) is 5.92 Å². The number of rotatable bonds is 4. The summed E-state index contributed by atoms with van der Waals surface area (Å²) in [5.74, 6) is 0.695. The quantitative estimate of drug-likeness (QED) is 0.587. The van der Waals surface area contributed by atoms with Crippen molar-refractivity contribution in [2.75, 3.05) is 6.54 Å². The molecule has 0 bridgehead atoms. The summed E-state index contributed by atoms with van der Waals surface area (Å²) in [4.78, 5) is 0. The monoisotopic (exact) mass is 139 g/mol. The first-order valence-corrected chi connectivity index (χ1v) is 4.19. The second-order valence-electron chi connectivity index (χ2n) is 3.35. The van der Waals surface area contributed by atoms with Gasteiger partial charge in [-0.3, -0.25) is 0 Å². The van der Waals surface area contributed by atoms with E-state index in [-0.39, 0.29) is 0 Å². The van der Waals surface area contributed by atoms with Crippen LogP contribution in [0.4, 0.5) is 0 Å². The highest BCUT2D eigenvalue weighted by molar-refractivity contribution is 4.90. The summed E-state index contributed by atoms with van der Waals surface area (Å²) in [5.41, 5.74) is 0. The van der Waals surface area contributed by atoms with Crippen LogP contribution in [0.2, 0.25) is 0 Å². The summed E-state index contributed by atoms with van der Waals surface area (Å²) in [7, 11) is 0. The summed E-state index contributed by atoms with van der Waals surface area (Å²) in [6.07, 6.45) is 7.24. The van der Waals surface area contributed by atoms with E-state index in [4.69, 9.17) is 0 Å². The van der Waals surface area contributed by atoms with Gasteiger partial charge < -0.3 is 5.32 Å². The standard InChI is InChI=1S/C9H17N/c1-8(2)4-3-7-10-9-5-6-9/h3-4,8-10H,5-7H2,1-2H3/b4-3+. The van der Waals surface area contributed by atoms with Crippen LogP contribution in [0.25, 0.3) is 0 Å². The lowest BCUT2D eigenvalue weighted by atomic mass is 10.2. The second kappa shape index (κ2) is 3.77. The Kier molecular flexibility index (Phi) is 2.94. The van der Waals surface area contributed by atoms with E-state index < -0.39 is 0 Å². The zero-order valence-electron chi connectivity index (χ0n) is 6.93. The maximum atomic E-state index is 3.43. The predicted molar refractivity (Wildman–Crippen MR) is 45.0 cm³/mol. The summed E-state index contributed by atoms with van der Waals surface area (Å²) >= 11 is 0. The number of hydrogen-bond donors (Lipinski definition) is 1. The zero-order valence-corrected chi connectivity index (χ0v) is 6.93. The van der Waals surface area contributed by atoms with E-state index >= 15 is 0 Å². The maximum Gasteiger partial charge on any atom is 0.0137 e. The molecule has 1 saturated carbocycles. The van der Waals surface area contributed by atoms with Crippen molar-refractivity contribution in [3.05, 3.63) is 12.2 Å². The van der Waals surface area contributed by atoms with E-state index in [9.17, 15) is 0 Å². The van der Waals surface area contributed by atoms with Crippen molar-refractivity contribution in [3.8, 4) is 0 Å². The Bertz CT molecular complexity index is 112. The van der Waals surface area contributed by atoms with Gasteiger partial charge in [0.25, 0.3) is 0 Å². The molecule has 1 fully saturated rings. The molecule has 1 N–H and O–H groups in total. The first kappa shape index (κ1) is 7.80. The molecule has 0 aromatic heterocycles. The largest absolute Gasteiger partial charge is 0.311 e. The third-order valence-electron chi connectivity index (χ3n) is 1.62. The van der Waals surface area contributed by atoms with Crippen molar-refractivity contribution in [2.24, 2.45) is 5.92 Å². The van der Waals surface area contributed by atoms with Crippen molar-refractivity contribution >= 4 is 0 Å². The van der Waals surface area contributed by atoms with Crippen molar-refractivity contribution < 1.29 is 0 Å². The van der Waals surface area contributed by atoms with Crippen molar-refractivity contribution in [1.82, 2.24) is 5.32 Å². The van der Waals surface area contributed by atoms with E-state index in [1.165, 1.54) is 12.8 Å². The molecule has 0 aliphatic heterocycles. The molecule has 10 heavy (non-hydrogen) atoms. The maximum absolute atomic E-state index is 3.43. The van der Waals surface area contributed by atoms with Gasteiger partial charge in [0.15, 0.2) is 0 Å². The average molecular weight is 139 g/mol. The Balaban J connectivity index is 1.92. The Morgan fingerprint density at radius 2 is 2.20 bits per heavy atom. The molecule has 0 amide bonds. The predicted octanol–water partition coefficient (Wildman–Crippen LogP) is 1.95. The van der Waals surface area contributed by atoms with Crippen LogP contribution in [0, 0.1) is 5.92 Å². The van der Waals surface area contributed by atoms with Crippen molar-refractivity contribution in [1.29, 1.82) is 0 Å². The highest BCUT2D eigenvalue weighted by Crippen LogP contribution is 2.17. The van der Waals surface area contributed by atoms with E-state index in [1.807, 2.05) is 0 Å². The lowest BCUT2D eigenvalue weighted by molar-refractivity contribution is 0.744. The van der Waals surface area contributed by atoms with Gasteiger partial charge in [0, 0.05) is 12.6 Å². The molecule has 0 atom stereocenters. The summed E-state index contributed by atoms with van der Waals surface area (Å²) in [6.45, 7) is 5.46. The minimum Gasteiger partial charge on any atom is -0.311 e. The van der Waals surface area contributed by atoms with Crippen LogP contribution in [0.15, 0.2) is 12.2 Å². The molecular formula is C9H17N. The molecule has 1 aliphatic rings. The topological polar surface area (TPSA) is 12.0 Å². The van der Waals surface area contributed by atoms with Crippen LogP contribution in [-0.2, 0) is 0 Å². The van der Waals surface area contributed by atoms with E-state index in [1.54, 1.807) is 0 Å². The second-order valence-corrected chi connectivity index (χ2v) is 3.35. The molecule has 0 aromatic rings. The molecule has 0 radical (unpaired) electrons. The van der Waals surface area contributed by atoms with Gasteiger partial charge in [-0.15, -0.1) is 0 Å². The molecular weight excluding hydrogens is 122 g/mol. The Morgan fingerprint density at radius 1 is 1.50 bits per heavy atom. The minimum atomic E-state index is 0.695. The summed E-state index contributed by atoms with van der Waals surface area (Å²) in [5, 5.41) is 3.43. The first-order chi connectivity index (χ1) is 4.79. The fraction of sp³-hybridized carbons (Fsp3) is 0.778. The van der Waals surface area contributed by atoms with Gasteiger partial charge in [0.1, 0.15) is 0 Å². The van der Waals surface area contributed by atoms with Crippen LogP contribution < -0.4 is 5.32 Å². The van der Waals surface area contributed by atoms with Gasteiger partial charge in [-0.2, -0.15) is 0 Å². The minimum absolute atomic E-state index is 0.695. The van der Waals surface area contributed by atoms with Crippen LogP contribution in [0.3, 0.4) is 0 Å². The fourth-order valence-corrected chi connectivity index (χ4v) is 0.862. The molecule has 1 nitrogen and oxygen atoms in total. The van der Waals surface area contributed by atoms with Gasteiger partial charge in [-0.05, 0) is 18.8 Å². The van der Waals surface area contributed by atoms with E-state index in [2.05, 4.69) is 31.3 Å². The van der Waals surface area contributed by atoms with Crippen LogP contribution in [0.1, 0.15) is 26.7 Å².